The highest BCUT2D eigenvalue weighted by Gasteiger charge is 2.36. The maximum atomic E-state index is 12.3. The number of rotatable bonds is 4. The molecule has 2 aromatic rings. The number of hydrogen-bond donors (Lipinski definition) is 2. The lowest BCUT2D eigenvalue weighted by Crippen LogP contribution is -2.25. The first-order chi connectivity index (χ1) is 12.5. The SMILES string of the molecule is COc1ccc(C2C(C#N)=C(N)Oc3c2oc(CO)cc3=O)c(OC)c1. The van der Waals surface area contributed by atoms with Gasteiger partial charge in [-0.25, -0.2) is 0 Å². The quantitative estimate of drug-likeness (QED) is 0.840. The van der Waals surface area contributed by atoms with Gasteiger partial charge in [0, 0.05) is 17.7 Å². The molecule has 1 aromatic heterocycles. The highest BCUT2D eigenvalue weighted by atomic mass is 16.5. The molecule has 26 heavy (non-hydrogen) atoms. The number of benzene rings is 1. The smallest absolute Gasteiger partial charge is 0.228 e. The number of fused-ring (bicyclic) bond motifs is 1. The van der Waals surface area contributed by atoms with Gasteiger partial charge < -0.3 is 29.5 Å². The Bertz CT molecular complexity index is 986. The summed E-state index contributed by atoms with van der Waals surface area (Å²) < 4.78 is 21.5. The van der Waals surface area contributed by atoms with Crippen LogP contribution in [0, 0.1) is 11.3 Å². The zero-order valence-electron chi connectivity index (χ0n) is 14.1. The van der Waals surface area contributed by atoms with Crippen LogP contribution in [0.5, 0.6) is 17.2 Å². The summed E-state index contributed by atoms with van der Waals surface area (Å²) in [5.74, 6) is -0.0423. The summed E-state index contributed by atoms with van der Waals surface area (Å²) in [6.45, 7) is -0.476. The van der Waals surface area contributed by atoms with Gasteiger partial charge in [0.15, 0.2) is 5.76 Å². The molecule has 1 aliphatic rings. The monoisotopic (exact) mass is 356 g/mol. The summed E-state index contributed by atoms with van der Waals surface area (Å²) in [7, 11) is 2.99. The minimum absolute atomic E-state index is 0.0487. The first-order valence-corrected chi connectivity index (χ1v) is 7.61. The molecule has 1 unspecified atom stereocenters. The maximum Gasteiger partial charge on any atom is 0.228 e. The fraction of sp³-hybridized carbons (Fsp3) is 0.222. The van der Waals surface area contributed by atoms with E-state index in [1.54, 1.807) is 18.2 Å². The van der Waals surface area contributed by atoms with E-state index in [0.717, 1.165) is 6.07 Å². The fourth-order valence-electron chi connectivity index (χ4n) is 2.83. The lowest BCUT2D eigenvalue weighted by atomic mass is 9.86. The Morgan fingerprint density at radius 1 is 1.31 bits per heavy atom. The van der Waals surface area contributed by atoms with Gasteiger partial charge in [0.05, 0.1) is 20.1 Å². The summed E-state index contributed by atoms with van der Waals surface area (Å²) in [5, 5.41) is 18.9. The van der Waals surface area contributed by atoms with Gasteiger partial charge in [0.2, 0.25) is 17.1 Å². The van der Waals surface area contributed by atoms with Crippen molar-refractivity contribution >= 4 is 0 Å². The molecule has 0 aliphatic carbocycles. The van der Waals surface area contributed by atoms with E-state index in [-0.39, 0.29) is 28.7 Å². The van der Waals surface area contributed by atoms with E-state index in [2.05, 4.69) is 0 Å². The molecular weight excluding hydrogens is 340 g/mol. The average Bonchev–Trinajstić information content (AvgIpc) is 2.66. The number of nitrogens with zero attached hydrogens (tertiary/aromatic N) is 1. The topological polar surface area (TPSA) is 128 Å². The molecule has 0 spiro atoms. The second kappa shape index (κ2) is 6.82. The van der Waals surface area contributed by atoms with Gasteiger partial charge in [0.25, 0.3) is 0 Å². The first kappa shape index (κ1) is 17.4. The van der Waals surface area contributed by atoms with E-state index in [4.69, 9.17) is 24.4 Å². The summed E-state index contributed by atoms with van der Waals surface area (Å²) in [6.07, 6.45) is 0. The Balaban J connectivity index is 2.31. The van der Waals surface area contributed by atoms with Crippen molar-refractivity contribution in [3.63, 3.8) is 0 Å². The number of ether oxygens (including phenoxy) is 3. The summed E-state index contributed by atoms with van der Waals surface area (Å²) >= 11 is 0. The number of aliphatic hydroxyl groups is 1. The maximum absolute atomic E-state index is 12.3. The lowest BCUT2D eigenvalue weighted by Gasteiger charge is -2.26. The van der Waals surface area contributed by atoms with Crippen molar-refractivity contribution in [1.29, 1.82) is 5.26 Å². The summed E-state index contributed by atoms with van der Waals surface area (Å²) in [4.78, 5) is 12.3. The van der Waals surface area contributed by atoms with Crippen LogP contribution < -0.4 is 25.4 Å². The molecule has 8 heteroatoms. The van der Waals surface area contributed by atoms with Crippen molar-refractivity contribution in [2.75, 3.05) is 14.2 Å². The predicted octanol–water partition coefficient (Wildman–Crippen LogP) is 1.37. The number of aliphatic hydroxyl groups excluding tert-OH is 1. The molecule has 0 saturated heterocycles. The number of nitriles is 1. The van der Waals surface area contributed by atoms with Gasteiger partial charge in [-0.2, -0.15) is 5.26 Å². The molecule has 3 rings (SSSR count). The molecule has 1 aromatic carbocycles. The Hall–Kier alpha value is -3.44. The van der Waals surface area contributed by atoms with E-state index in [9.17, 15) is 15.2 Å². The summed E-state index contributed by atoms with van der Waals surface area (Å²) in [6, 6.07) is 8.13. The van der Waals surface area contributed by atoms with E-state index >= 15 is 0 Å². The van der Waals surface area contributed by atoms with Gasteiger partial charge in [-0.1, -0.05) is 6.07 Å². The number of allylic oxidation sites excluding steroid dienone is 1. The molecule has 8 nitrogen and oxygen atoms in total. The largest absolute Gasteiger partial charge is 0.497 e. The van der Waals surface area contributed by atoms with Crippen LogP contribution in [0.15, 0.2) is 44.9 Å². The van der Waals surface area contributed by atoms with Gasteiger partial charge in [0.1, 0.15) is 35.5 Å². The van der Waals surface area contributed by atoms with Crippen molar-refractivity contribution in [3.8, 4) is 23.3 Å². The van der Waals surface area contributed by atoms with Crippen LogP contribution >= 0.6 is 0 Å². The zero-order chi connectivity index (χ0) is 18.8. The normalized spacial score (nSPS) is 15.7. The van der Waals surface area contributed by atoms with E-state index in [0.29, 0.717) is 17.1 Å². The molecule has 0 bridgehead atoms. The molecule has 134 valence electrons. The highest BCUT2D eigenvalue weighted by Crippen LogP contribution is 2.44. The molecule has 3 N–H and O–H groups in total. The molecule has 0 amide bonds. The third kappa shape index (κ3) is 2.74. The van der Waals surface area contributed by atoms with Crippen molar-refractivity contribution in [2.24, 2.45) is 5.73 Å². The van der Waals surface area contributed by atoms with E-state index in [1.807, 2.05) is 6.07 Å². The Morgan fingerprint density at radius 3 is 2.69 bits per heavy atom. The van der Waals surface area contributed by atoms with Gasteiger partial charge in [-0.15, -0.1) is 0 Å². The second-order valence-electron chi connectivity index (χ2n) is 5.46. The van der Waals surface area contributed by atoms with E-state index in [1.165, 1.54) is 14.2 Å². The lowest BCUT2D eigenvalue weighted by molar-refractivity contribution is 0.231. The van der Waals surface area contributed by atoms with Gasteiger partial charge in [-0.3, -0.25) is 4.79 Å². The minimum atomic E-state index is -0.830. The standard InChI is InChI=1S/C18H16N2O6/c1-23-9-3-4-11(14(6-9)24-2)15-12(7-19)18(20)26-16-13(22)5-10(8-21)25-17(15)16/h3-6,15,21H,8,20H2,1-2H3. The molecule has 0 saturated carbocycles. The molecule has 0 radical (unpaired) electrons. The fourth-order valence-corrected chi connectivity index (χ4v) is 2.83. The van der Waals surface area contributed by atoms with Crippen molar-refractivity contribution in [1.82, 2.24) is 0 Å². The Labute approximate surface area is 148 Å². The number of hydrogen-bond acceptors (Lipinski definition) is 8. The third-order valence-electron chi connectivity index (χ3n) is 4.04. The highest BCUT2D eigenvalue weighted by molar-refractivity contribution is 5.56. The third-order valence-corrected chi connectivity index (χ3v) is 4.04. The van der Waals surface area contributed by atoms with Crippen LogP contribution in [0.1, 0.15) is 23.0 Å². The minimum Gasteiger partial charge on any atom is -0.497 e. The Kier molecular flexibility index (Phi) is 4.56. The van der Waals surface area contributed by atoms with Crippen LogP contribution in [0.4, 0.5) is 0 Å². The van der Waals surface area contributed by atoms with Crippen molar-refractivity contribution in [3.05, 3.63) is 63.0 Å². The van der Waals surface area contributed by atoms with Crippen LogP contribution in [0.25, 0.3) is 0 Å². The van der Waals surface area contributed by atoms with Crippen LogP contribution in [-0.4, -0.2) is 19.3 Å². The van der Waals surface area contributed by atoms with Crippen LogP contribution in [-0.2, 0) is 6.61 Å². The second-order valence-corrected chi connectivity index (χ2v) is 5.46. The Morgan fingerprint density at radius 2 is 2.08 bits per heavy atom. The van der Waals surface area contributed by atoms with Crippen molar-refractivity contribution < 1.29 is 23.7 Å². The predicted molar refractivity (Wildman–Crippen MR) is 89.7 cm³/mol. The number of nitrogens with two attached hydrogens (primary N) is 1. The van der Waals surface area contributed by atoms with Gasteiger partial charge >= 0.3 is 0 Å². The van der Waals surface area contributed by atoms with Crippen LogP contribution in [0.2, 0.25) is 0 Å². The molecule has 1 atom stereocenters. The van der Waals surface area contributed by atoms with Gasteiger partial charge in [-0.05, 0) is 6.07 Å². The first-order valence-electron chi connectivity index (χ1n) is 7.61. The van der Waals surface area contributed by atoms with Crippen molar-refractivity contribution in [2.45, 2.75) is 12.5 Å². The molecular formula is C18H16N2O6. The number of methoxy groups -OCH3 is 2. The molecule has 2 heterocycles. The van der Waals surface area contributed by atoms with E-state index < -0.39 is 18.0 Å². The molecule has 0 fully saturated rings. The zero-order valence-corrected chi connectivity index (χ0v) is 14.1. The molecule has 1 aliphatic heterocycles. The summed E-state index contributed by atoms with van der Waals surface area (Å²) in [5.41, 5.74) is 5.96. The average molecular weight is 356 g/mol. The van der Waals surface area contributed by atoms with Crippen LogP contribution in [0.3, 0.4) is 0 Å².